The molecule has 1 saturated heterocycles. The SMILES string of the molecule is O=C(O)c1ccc2nc(CN3CC=C(c4cccc(Br)n4)CC3)n(C[C@@H]3CCO3)c2c1. The Morgan fingerprint density at radius 3 is 2.81 bits per heavy atom. The molecule has 0 saturated carbocycles. The maximum Gasteiger partial charge on any atom is 0.335 e. The smallest absolute Gasteiger partial charge is 0.335 e. The van der Waals surface area contributed by atoms with Crippen molar-refractivity contribution in [3.05, 3.63) is 64.2 Å². The van der Waals surface area contributed by atoms with Gasteiger partial charge in [0.05, 0.1) is 41.5 Å². The minimum Gasteiger partial charge on any atom is -0.478 e. The monoisotopic (exact) mass is 482 g/mol. The van der Waals surface area contributed by atoms with Gasteiger partial charge in [-0.1, -0.05) is 12.1 Å². The summed E-state index contributed by atoms with van der Waals surface area (Å²) < 4.78 is 8.64. The van der Waals surface area contributed by atoms with Crippen LogP contribution in [0.2, 0.25) is 0 Å². The van der Waals surface area contributed by atoms with E-state index in [4.69, 9.17) is 9.72 Å². The topological polar surface area (TPSA) is 80.5 Å². The summed E-state index contributed by atoms with van der Waals surface area (Å²) in [7, 11) is 0. The van der Waals surface area contributed by atoms with Gasteiger partial charge in [-0.3, -0.25) is 4.90 Å². The average Bonchev–Trinajstić information content (AvgIpc) is 3.07. The highest BCUT2D eigenvalue weighted by Gasteiger charge is 2.24. The van der Waals surface area contributed by atoms with Gasteiger partial charge in [0, 0.05) is 19.7 Å². The molecule has 1 fully saturated rings. The van der Waals surface area contributed by atoms with Crippen molar-refractivity contribution in [3.63, 3.8) is 0 Å². The van der Waals surface area contributed by atoms with Crippen LogP contribution in [0, 0.1) is 0 Å². The van der Waals surface area contributed by atoms with Crippen LogP contribution in [0.4, 0.5) is 0 Å². The van der Waals surface area contributed by atoms with Crippen molar-refractivity contribution < 1.29 is 14.6 Å². The maximum absolute atomic E-state index is 11.5. The summed E-state index contributed by atoms with van der Waals surface area (Å²) >= 11 is 3.45. The van der Waals surface area contributed by atoms with Gasteiger partial charge in [-0.2, -0.15) is 0 Å². The van der Waals surface area contributed by atoms with E-state index in [9.17, 15) is 9.90 Å². The molecule has 4 heterocycles. The first-order valence-corrected chi connectivity index (χ1v) is 11.2. The number of carbonyl (C=O) groups is 1. The molecule has 0 amide bonds. The van der Waals surface area contributed by atoms with Crippen LogP contribution in [-0.2, 0) is 17.8 Å². The number of ether oxygens (including phenoxy) is 1. The third-order valence-corrected chi connectivity index (χ3v) is 6.40. The molecule has 1 aromatic carbocycles. The molecule has 0 bridgehead atoms. The summed E-state index contributed by atoms with van der Waals surface area (Å²) in [5.74, 6) is 0.0245. The highest BCUT2D eigenvalue weighted by Crippen LogP contribution is 2.26. The van der Waals surface area contributed by atoms with E-state index in [1.54, 1.807) is 18.2 Å². The van der Waals surface area contributed by atoms with Crippen molar-refractivity contribution in [1.29, 1.82) is 0 Å². The lowest BCUT2D eigenvalue weighted by Crippen LogP contribution is -2.33. The van der Waals surface area contributed by atoms with Crippen LogP contribution in [0.25, 0.3) is 16.6 Å². The molecule has 8 heteroatoms. The summed E-state index contributed by atoms with van der Waals surface area (Å²) in [6.07, 6.45) is 4.36. The predicted octanol–water partition coefficient (Wildman–Crippen LogP) is 3.97. The first kappa shape index (κ1) is 20.4. The summed E-state index contributed by atoms with van der Waals surface area (Å²) in [6, 6.07) is 11.1. The Hall–Kier alpha value is -2.55. The van der Waals surface area contributed by atoms with Crippen molar-refractivity contribution in [3.8, 4) is 0 Å². The zero-order valence-corrected chi connectivity index (χ0v) is 18.6. The van der Waals surface area contributed by atoms with Gasteiger partial charge in [-0.05, 0) is 64.7 Å². The number of nitrogens with zero attached hydrogens (tertiary/aromatic N) is 4. The fraction of sp³-hybridized carbons (Fsp3) is 0.348. The van der Waals surface area contributed by atoms with Crippen LogP contribution in [-0.4, -0.2) is 56.3 Å². The van der Waals surface area contributed by atoms with E-state index in [2.05, 4.69) is 36.5 Å². The lowest BCUT2D eigenvalue weighted by molar-refractivity contribution is -0.0591. The van der Waals surface area contributed by atoms with Crippen molar-refractivity contribution in [2.24, 2.45) is 0 Å². The van der Waals surface area contributed by atoms with E-state index in [0.29, 0.717) is 13.1 Å². The maximum atomic E-state index is 11.5. The number of benzene rings is 1. The minimum absolute atomic E-state index is 0.167. The number of rotatable bonds is 6. The van der Waals surface area contributed by atoms with Crippen LogP contribution >= 0.6 is 15.9 Å². The number of pyridine rings is 1. The van der Waals surface area contributed by atoms with E-state index in [1.165, 1.54) is 5.57 Å². The number of aromatic nitrogens is 3. The van der Waals surface area contributed by atoms with Crippen molar-refractivity contribution >= 4 is 38.5 Å². The fourth-order valence-corrected chi connectivity index (χ4v) is 4.48. The van der Waals surface area contributed by atoms with Crippen LogP contribution in [0.5, 0.6) is 0 Å². The molecule has 0 unspecified atom stereocenters. The van der Waals surface area contributed by atoms with Crippen molar-refractivity contribution in [2.45, 2.75) is 32.0 Å². The van der Waals surface area contributed by atoms with E-state index in [-0.39, 0.29) is 11.7 Å². The Labute approximate surface area is 188 Å². The minimum atomic E-state index is -0.925. The van der Waals surface area contributed by atoms with Gasteiger partial charge in [-0.25, -0.2) is 14.8 Å². The van der Waals surface area contributed by atoms with Gasteiger partial charge >= 0.3 is 5.97 Å². The average molecular weight is 483 g/mol. The molecular formula is C23H23BrN4O3. The second kappa shape index (κ2) is 8.53. The highest BCUT2D eigenvalue weighted by molar-refractivity contribution is 9.10. The fourth-order valence-electron chi connectivity index (χ4n) is 4.14. The summed E-state index contributed by atoms with van der Waals surface area (Å²) in [5, 5.41) is 9.40. The first-order valence-electron chi connectivity index (χ1n) is 10.5. The Morgan fingerprint density at radius 1 is 1.26 bits per heavy atom. The normalized spacial score (nSPS) is 19.3. The van der Waals surface area contributed by atoms with E-state index >= 15 is 0 Å². The quantitative estimate of drug-likeness (QED) is 0.535. The largest absolute Gasteiger partial charge is 0.478 e. The lowest BCUT2D eigenvalue weighted by Gasteiger charge is -2.29. The second-order valence-electron chi connectivity index (χ2n) is 7.99. The zero-order valence-electron chi connectivity index (χ0n) is 17.0. The molecule has 160 valence electrons. The van der Waals surface area contributed by atoms with E-state index in [0.717, 1.165) is 59.7 Å². The van der Waals surface area contributed by atoms with E-state index < -0.39 is 5.97 Å². The first-order chi connectivity index (χ1) is 15.1. The van der Waals surface area contributed by atoms with Gasteiger partial charge < -0.3 is 14.4 Å². The molecule has 31 heavy (non-hydrogen) atoms. The van der Waals surface area contributed by atoms with Crippen LogP contribution in [0.15, 0.2) is 47.1 Å². The molecule has 1 N–H and O–H groups in total. The number of carboxylic acid groups (broad SMARTS) is 1. The molecule has 7 nitrogen and oxygen atoms in total. The molecule has 0 spiro atoms. The van der Waals surface area contributed by atoms with Crippen LogP contribution in [0.1, 0.15) is 34.7 Å². The standard InChI is InChI=1S/C23H23BrN4O3/c24-21-3-1-2-18(25-21)15-6-9-27(10-7-15)14-22-26-19-5-4-16(23(29)30)12-20(19)28(22)13-17-8-11-31-17/h1-6,12,17H,7-11,13-14H2,(H,29,30)/t17-/m0/s1. The van der Waals surface area contributed by atoms with Crippen LogP contribution < -0.4 is 0 Å². The summed E-state index contributed by atoms with van der Waals surface area (Å²) in [4.78, 5) is 23.2. The summed E-state index contributed by atoms with van der Waals surface area (Å²) in [6.45, 7) is 3.94. The number of hydrogen-bond acceptors (Lipinski definition) is 5. The van der Waals surface area contributed by atoms with Gasteiger partial charge in [0.15, 0.2) is 0 Å². The molecule has 2 aliphatic heterocycles. The molecular weight excluding hydrogens is 460 g/mol. The molecule has 0 radical (unpaired) electrons. The Bertz CT molecular complexity index is 1170. The Balaban J connectivity index is 1.39. The number of imidazole rings is 1. The van der Waals surface area contributed by atoms with Crippen molar-refractivity contribution in [2.75, 3.05) is 19.7 Å². The molecule has 5 rings (SSSR count). The number of fused-ring (bicyclic) bond motifs is 1. The zero-order chi connectivity index (χ0) is 21.4. The van der Waals surface area contributed by atoms with E-state index in [1.807, 2.05) is 18.2 Å². The highest BCUT2D eigenvalue weighted by atomic mass is 79.9. The number of hydrogen-bond donors (Lipinski definition) is 1. The Kier molecular flexibility index (Phi) is 5.60. The summed E-state index contributed by atoms with van der Waals surface area (Å²) in [5.41, 5.74) is 4.24. The second-order valence-corrected chi connectivity index (χ2v) is 8.80. The Morgan fingerprint density at radius 2 is 2.13 bits per heavy atom. The van der Waals surface area contributed by atoms with Gasteiger partial charge in [0.2, 0.25) is 0 Å². The number of aromatic carboxylic acids is 1. The van der Waals surface area contributed by atoms with Gasteiger partial charge in [0.1, 0.15) is 10.4 Å². The van der Waals surface area contributed by atoms with Crippen LogP contribution in [0.3, 0.4) is 0 Å². The molecule has 1 atom stereocenters. The van der Waals surface area contributed by atoms with Gasteiger partial charge in [0.25, 0.3) is 0 Å². The molecule has 0 aliphatic carbocycles. The lowest BCUT2D eigenvalue weighted by atomic mass is 10.0. The number of halogens is 1. The predicted molar refractivity (Wildman–Crippen MR) is 121 cm³/mol. The number of carboxylic acids is 1. The molecule has 2 aliphatic rings. The third-order valence-electron chi connectivity index (χ3n) is 5.96. The molecule has 3 aromatic rings. The molecule has 2 aromatic heterocycles. The van der Waals surface area contributed by atoms with Crippen molar-refractivity contribution in [1.82, 2.24) is 19.4 Å². The third kappa shape index (κ3) is 4.28. The van der Waals surface area contributed by atoms with Gasteiger partial charge in [-0.15, -0.1) is 0 Å².